The molecule has 1 aromatic carbocycles. The summed E-state index contributed by atoms with van der Waals surface area (Å²) in [4.78, 5) is 17.2. The van der Waals surface area contributed by atoms with Gasteiger partial charge >= 0.3 is 6.18 Å². The van der Waals surface area contributed by atoms with Crippen molar-refractivity contribution in [1.82, 2.24) is 20.0 Å². The number of H-pyrrole nitrogens is 1. The van der Waals surface area contributed by atoms with Gasteiger partial charge in [-0.2, -0.15) is 18.3 Å². The van der Waals surface area contributed by atoms with Crippen LogP contribution in [0.25, 0.3) is 0 Å². The largest absolute Gasteiger partial charge is 0.416 e. The first-order chi connectivity index (χ1) is 14.4. The molecule has 1 aromatic heterocycles. The number of aromatic amines is 1. The van der Waals surface area contributed by atoms with E-state index in [-0.39, 0.29) is 11.8 Å². The average Bonchev–Trinajstić information content (AvgIpc) is 3.26. The van der Waals surface area contributed by atoms with E-state index >= 15 is 0 Å². The molecule has 0 atom stereocenters. The molecule has 1 N–H and O–H groups in total. The highest BCUT2D eigenvalue weighted by Crippen LogP contribution is 2.39. The smallest absolute Gasteiger partial charge is 0.337 e. The van der Waals surface area contributed by atoms with Crippen molar-refractivity contribution < 1.29 is 18.0 Å². The van der Waals surface area contributed by atoms with E-state index in [1.165, 1.54) is 25.3 Å². The van der Waals surface area contributed by atoms with E-state index in [1.807, 2.05) is 0 Å². The normalized spacial score (nSPS) is 21.0. The van der Waals surface area contributed by atoms with Crippen LogP contribution in [0, 0.1) is 0 Å². The fourth-order valence-corrected chi connectivity index (χ4v) is 5.01. The van der Waals surface area contributed by atoms with Crippen molar-refractivity contribution >= 4 is 5.91 Å². The summed E-state index contributed by atoms with van der Waals surface area (Å²) < 4.78 is 40.1. The maximum absolute atomic E-state index is 13.4. The number of likely N-dealkylation sites (tertiary alicyclic amines) is 1. The molecule has 8 heteroatoms. The lowest BCUT2D eigenvalue weighted by molar-refractivity contribution is -0.138. The summed E-state index contributed by atoms with van der Waals surface area (Å²) in [7, 11) is 0. The van der Waals surface area contributed by atoms with Gasteiger partial charge < -0.3 is 4.90 Å². The average molecular weight is 418 g/mol. The Morgan fingerprint density at radius 1 is 1.07 bits per heavy atom. The second kappa shape index (κ2) is 7.41. The maximum atomic E-state index is 13.4. The lowest BCUT2D eigenvalue weighted by atomic mass is 9.86. The first kappa shape index (κ1) is 19.6. The molecule has 3 heterocycles. The van der Waals surface area contributed by atoms with E-state index in [2.05, 4.69) is 15.1 Å². The number of hydrogen-bond donors (Lipinski definition) is 1. The zero-order chi connectivity index (χ0) is 20.9. The number of benzene rings is 1. The van der Waals surface area contributed by atoms with E-state index < -0.39 is 11.7 Å². The number of piperidine rings is 1. The summed E-state index contributed by atoms with van der Waals surface area (Å²) in [6, 6.07) is 6.41. The quantitative estimate of drug-likeness (QED) is 0.808. The monoisotopic (exact) mass is 418 g/mol. The molecule has 5 rings (SSSR count). The topological polar surface area (TPSA) is 52.2 Å². The van der Waals surface area contributed by atoms with Gasteiger partial charge in [-0.25, -0.2) is 0 Å². The van der Waals surface area contributed by atoms with Crippen molar-refractivity contribution in [1.29, 1.82) is 0 Å². The van der Waals surface area contributed by atoms with Crippen molar-refractivity contribution in [2.75, 3.05) is 13.1 Å². The molecule has 1 amide bonds. The van der Waals surface area contributed by atoms with Gasteiger partial charge in [0, 0.05) is 37.8 Å². The molecule has 0 bridgehead atoms. The highest BCUT2D eigenvalue weighted by Gasteiger charge is 2.38. The Labute approximate surface area is 173 Å². The predicted octanol–water partition coefficient (Wildman–Crippen LogP) is 4.32. The fourth-order valence-electron chi connectivity index (χ4n) is 5.01. The fraction of sp³-hybridized carbons (Fsp3) is 0.545. The Bertz CT molecular complexity index is 942. The third kappa shape index (κ3) is 3.41. The van der Waals surface area contributed by atoms with E-state index in [0.717, 1.165) is 30.4 Å². The molecular weight excluding hydrogens is 393 g/mol. The Hall–Kier alpha value is -2.35. The summed E-state index contributed by atoms with van der Waals surface area (Å²) in [5, 5.41) is 7.32. The van der Waals surface area contributed by atoms with Crippen LogP contribution in [0.15, 0.2) is 24.3 Å². The van der Waals surface area contributed by atoms with Crippen LogP contribution < -0.4 is 0 Å². The van der Waals surface area contributed by atoms with Crippen LogP contribution in [0.2, 0.25) is 0 Å². The summed E-state index contributed by atoms with van der Waals surface area (Å²) in [5.41, 5.74) is 2.29. The molecule has 3 aliphatic rings. The number of fused-ring (bicyclic) bond motifs is 1. The van der Waals surface area contributed by atoms with E-state index in [9.17, 15) is 18.0 Å². The summed E-state index contributed by atoms with van der Waals surface area (Å²) >= 11 is 0. The van der Waals surface area contributed by atoms with Crippen LogP contribution in [0.4, 0.5) is 13.2 Å². The number of nitrogens with zero attached hydrogens (tertiary/aromatic N) is 3. The number of carbonyl (C=O) groups excluding carboxylic acids is 1. The summed E-state index contributed by atoms with van der Waals surface area (Å²) in [6.45, 7) is 2.47. The Morgan fingerprint density at radius 2 is 1.80 bits per heavy atom. The molecule has 1 saturated heterocycles. The van der Waals surface area contributed by atoms with Crippen LogP contribution in [0.1, 0.15) is 70.9 Å². The maximum Gasteiger partial charge on any atom is 0.416 e. The summed E-state index contributed by atoms with van der Waals surface area (Å²) in [5.74, 6) is -0.295. The molecule has 0 radical (unpaired) electrons. The van der Waals surface area contributed by atoms with Crippen LogP contribution in [0.3, 0.4) is 0 Å². The zero-order valence-electron chi connectivity index (χ0n) is 16.7. The van der Waals surface area contributed by atoms with Gasteiger partial charge in [0.15, 0.2) is 5.69 Å². The molecule has 0 unspecified atom stereocenters. The Morgan fingerprint density at radius 3 is 2.47 bits per heavy atom. The van der Waals surface area contributed by atoms with E-state index in [4.69, 9.17) is 0 Å². The third-order valence-electron chi connectivity index (χ3n) is 6.96. The number of rotatable bonds is 3. The molecule has 5 nitrogen and oxygen atoms in total. The Balaban J connectivity index is 1.26. The van der Waals surface area contributed by atoms with E-state index in [1.54, 1.807) is 17.0 Å². The van der Waals surface area contributed by atoms with Gasteiger partial charge in [-0.15, -0.1) is 0 Å². The second-order valence-corrected chi connectivity index (χ2v) is 8.67. The number of nitrogens with one attached hydrogen (secondary N) is 1. The number of alkyl halides is 3. The lowest BCUT2D eigenvalue weighted by Gasteiger charge is -2.34. The van der Waals surface area contributed by atoms with Crippen molar-refractivity contribution in [3.8, 4) is 0 Å². The minimum atomic E-state index is -4.36. The molecule has 0 spiro atoms. The van der Waals surface area contributed by atoms with Crippen molar-refractivity contribution in [2.45, 2.75) is 63.3 Å². The van der Waals surface area contributed by atoms with Crippen molar-refractivity contribution in [3.05, 3.63) is 52.3 Å². The van der Waals surface area contributed by atoms with Gasteiger partial charge in [-0.1, -0.05) is 24.6 Å². The SMILES string of the molecule is O=C(c1n[nH]c2c1CN(C1CCC1)C2)N1CCC(c2ccccc2C(F)(F)F)CC1. The second-order valence-electron chi connectivity index (χ2n) is 8.67. The number of amides is 1. The number of halogens is 3. The highest BCUT2D eigenvalue weighted by molar-refractivity contribution is 5.94. The number of carbonyl (C=O) groups is 1. The molecule has 2 fully saturated rings. The minimum Gasteiger partial charge on any atom is -0.337 e. The van der Waals surface area contributed by atoms with Crippen LogP contribution in [-0.4, -0.2) is 45.0 Å². The third-order valence-corrected chi connectivity index (χ3v) is 6.96. The minimum absolute atomic E-state index is 0.106. The molecule has 2 aliphatic heterocycles. The molecule has 2 aromatic rings. The van der Waals surface area contributed by atoms with Gasteiger partial charge in [0.2, 0.25) is 0 Å². The van der Waals surface area contributed by atoms with Crippen LogP contribution in [-0.2, 0) is 19.3 Å². The standard InChI is InChI=1S/C22H25F3N4O/c23-22(24,25)18-7-2-1-6-16(18)14-8-10-28(11-9-14)21(30)20-17-12-29(15-4-3-5-15)13-19(17)26-27-20/h1-2,6-7,14-15H,3-5,8-13H2,(H,26,27). The van der Waals surface area contributed by atoms with E-state index in [0.29, 0.717) is 43.2 Å². The van der Waals surface area contributed by atoms with Gasteiger partial charge in [0.05, 0.1) is 11.3 Å². The predicted molar refractivity (Wildman–Crippen MR) is 105 cm³/mol. The highest BCUT2D eigenvalue weighted by atomic mass is 19.4. The Kier molecular flexibility index (Phi) is 4.84. The zero-order valence-corrected chi connectivity index (χ0v) is 16.7. The number of hydrogen-bond acceptors (Lipinski definition) is 3. The first-order valence-corrected chi connectivity index (χ1v) is 10.7. The van der Waals surface area contributed by atoms with Gasteiger partial charge in [-0.05, 0) is 43.2 Å². The van der Waals surface area contributed by atoms with Crippen molar-refractivity contribution in [2.24, 2.45) is 0 Å². The lowest BCUT2D eigenvalue weighted by Crippen LogP contribution is -2.39. The van der Waals surface area contributed by atoms with Crippen LogP contribution in [0.5, 0.6) is 0 Å². The first-order valence-electron chi connectivity index (χ1n) is 10.7. The van der Waals surface area contributed by atoms with Gasteiger partial charge in [0.25, 0.3) is 5.91 Å². The van der Waals surface area contributed by atoms with Crippen molar-refractivity contribution in [3.63, 3.8) is 0 Å². The van der Waals surface area contributed by atoms with Crippen LogP contribution >= 0.6 is 0 Å². The molecule has 30 heavy (non-hydrogen) atoms. The molecular formula is C22H25F3N4O. The molecule has 160 valence electrons. The number of aromatic nitrogens is 2. The summed E-state index contributed by atoms with van der Waals surface area (Å²) in [6.07, 6.45) is 0.401. The van der Waals surface area contributed by atoms with Gasteiger partial charge in [0.1, 0.15) is 0 Å². The van der Waals surface area contributed by atoms with Gasteiger partial charge in [-0.3, -0.25) is 14.8 Å². The molecule has 1 saturated carbocycles. The molecule has 1 aliphatic carbocycles.